The Morgan fingerprint density at radius 1 is 1.88 bits per heavy atom. The molecule has 1 heterocycles. The Bertz CT molecular complexity index is 109. The van der Waals surface area contributed by atoms with E-state index in [1.54, 1.807) is 11.8 Å². The average Bonchev–Trinajstić information content (AvgIpc) is 2.14. The minimum atomic E-state index is 0.623. The summed E-state index contributed by atoms with van der Waals surface area (Å²) < 4.78 is 5.24. The molecule has 0 aliphatic carbocycles. The zero-order valence-electron chi connectivity index (χ0n) is 5.18. The van der Waals surface area contributed by atoms with E-state index in [1.165, 1.54) is 0 Å². The molecule has 0 amide bonds. The highest BCUT2D eigenvalue weighted by molar-refractivity contribution is 8.02. The van der Waals surface area contributed by atoms with Gasteiger partial charge in [0, 0.05) is 5.92 Å². The van der Waals surface area contributed by atoms with Crippen molar-refractivity contribution in [1.29, 1.82) is 0 Å². The molecule has 0 spiro atoms. The van der Waals surface area contributed by atoms with Crippen LogP contribution in [-0.2, 0) is 4.74 Å². The lowest BCUT2D eigenvalue weighted by molar-refractivity contribution is 0.246. The topological polar surface area (TPSA) is 9.23 Å². The van der Waals surface area contributed by atoms with Gasteiger partial charge in [-0.1, -0.05) is 18.7 Å². The Hall–Kier alpha value is -0.110. The molecule has 1 unspecified atom stereocenters. The second kappa shape index (κ2) is 2.44. The van der Waals surface area contributed by atoms with Crippen molar-refractivity contribution in [1.82, 2.24) is 0 Å². The summed E-state index contributed by atoms with van der Waals surface area (Å²) in [6.07, 6.45) is 4.19. The lowest BCUT2D eigenvalue weighted by atomic mass is 10.2. The van der Waals surface area contributed by atoms with E-state index in [2.05, 4.69) is 13.0 Å². The largest absolute Gasteiger partial charge is 0.487 e. The van der Waals surface area contributed by atoms with E-state index in [-0.39, 0.29) is 0 Å². The highest BCUT2D eigenvalue weighted by atomic mass is 32.2. The van der Waals surface area contributed by atoms with Gasteiger partial charge in [-0.25, -0.2) is 0 Å². The Kier molecular flexibility index (Phi) is 1.84. The maximum absolute atomic E-state index is 5.24. The molecule has 8 heavy (non-hydrogen) atoms. The normalized spacial score (nSPS) is 27.2. The summed E-state index contributed by atoms with van der Waals surface area (Å²) in [6.45, 7) is 3.03. The summed E-state index contributed by atoms with van der Waals surface area (Å²) in [4.78, 5) is 0. The van der Waals surface area contributed by atoms with E-state index in [4.69, 9.17) is 4.74 Å². The fraction of sp³-hybridized carbons (Fsp3) is 0.667. The average molecular weight is 130 g/mol. The summed E-state index contributed by atoms with van der Waals surface area (Å²) >= 11 is 1.68. The van der Waals surface area contributed by atoms with E-state index in [0.29, 0.717) is 5.92 Å². The molecule has 1 rings (SSSR count). The van der Waals surface area contributed by atoms with E-state index in [9.17, 15) is 0 Å². The molecule has 1 aliphatic heterocycles. The van der Waals surface area contributed by atoms with Gasteiger partial charge in [-0.05, 0) is 12.3 Å². The Morgan fingerprint density at radius 2 is 2.62 bits per heavy atom. The monoisotopic (exact) mass is 130 g/mol. The minimum Gasteiger partial charge on any atom is -0.487 e. The Morgan fingerprint density at radius 3 is 2.88 bits per heavy atom. The van der Waals surface area contributed by atoms with Gasteiger partial charge in [-0.15, -0.1) is 0 Å². The molecule has 1 nitrogen and oxygen atoms in total. The molecular weight excluding hydrogens is 120 g/mol. The fourth-order valence-electron chi connectivity index (χ4n) is 0.669. The molecule has 0 aromatic rings. The van der Waals surface area contributed by atoms with Crippen molar-refractivity contribution in [3.05, 3.63) is 11.2 Å². The van der Waals surface area contributed by atoms with Crippen LogP contribution in [0.15, 0.2) is 11.2 Å². The minimum absolute atomic E-state index is 0.623. The number of thioether (sulfide) groups is 1. The van der Waals surface area contributed by atoms with Crippen molar-refractivity contribution in [2.24, 2.45) is 5.92 Å². The van der Waals surface area contributed by atoms with Gasteiger partial charge in [-0.3, -0.25) is 0 Å². The van der Waals surface area contributed by atoms with Crippen LogP contribution < -0.4 is 0 Å². The molecule has 0 radical (unpaired) electrons. The van der Waals surface area contributed by atoms with E-state index in [0.717, 1.165) is 11.7 Å². The third kappa shape index (κ3) is 1.19. The van der Waals surface area contributed by atoms with Gasteiger partial charge in [0.2, 0.25) is 0 Å². The molecule has 0 saturated carbocycles. The van der Waals surface area contributed by atoms with Crippen molar-refractivity contribution in [2.75, 3.05) is 12.9 Å². The molecule has 0 aromatic heterocycles. The van der Waals surface area contributed by atoms with Gasteiger partial charge in [0.1, 0.15) is 5.09 Å². The summed E-state index contributed by atoms with van der Waals surface area (Å²) in [5.41, 5.74) is 0. The van der Waals surface area contributed by atoms with Gasteiger partial charge < -0.3 is 4.74 Å². The molecule has 0 bridgehead atoms. The molecule has 2 heteroatoms. The Labute approximate surface area is 54.1 Å². The zero-order chi connectivity index (χ0) is 5.98. The van der Waals surface area contributed by atoms with Gasteiger partial charge in [0.05, 0.1) is 6.61 Å². The maximum atomic E-state index is 5.24. The fourth-order valence-corrected chi connectivity index (χ4v) is 1.22. The highest BCUT2D eigenvalue weighted by Crippen LogP contribution is 2.22. The van der Waals surface area contributed by atoms with Crippen LogP contribution in [0.4, 0.5) is 0 Å². The second-order valence-electron chi connectivity index (χ2n) is 1.98. The summed E-state index contributed by atoms with van der Waals surface area (Å²) in [6, 6.07) is 0. The first kappa shape index (κ1) is 6.02. The number of ether oxygens (including phenoxy) is 1. The van der Waals surface area contributed by atoms with Crippen LogP contribution in [0.25, 0.3) is 0 Å². The first-order valence-corrected chi connectivity index (χ1v) is 3.94. The van der Waals surface area contributed by atoms with Crippen LogP contribution in [0.1, 0.15) is 6.92 Å². The van der Waals surface area contributed by atoms with Crippen LogP contribution in [-0.4, -0.2) is 12.9 Å². The lowest BCUT2D eigenvalue weighted by Crippen LogP contribution is -1.89. The predicted molar refractivity (Wildman–Crippen MR) is 36.7 cm³/mol. The molecule has 0 fully saturated rings. The third-order valence-electron chi connectivity index (χ3n) is 1.11. The molecule has 0 saturated heterocycles. The third-order valence-corrected chi connectivity index (χ3v) is 1.77. The molecule has 46 valence electrons. The molecular formula is C6H10OS. The molecule has 0 N–H and O–H groups in total. The van der Waals surface area contributed by atoms with Crippen LogP contribution in [0.5, 0.6) is 0 Å². The number of hydrogen-bond donors (Lipinski definition) is 0. The summed E-state index contributed by atoms with van der Waals surface area (Å²) in [5, 5.41) is 1.08. The van der Waals surface area contributed by atoms with Crippen molar-refractivity contribution in [3.8, 4) is 0 Å². The van der Waals surface area contributed by atoms with Crippen LogP contribution >= 0.6 is 11.8 Å². The number of rotatable bonds is 1. The molecule has 0 aromatic carbocycles. The maximum Gasteiger partial charge on any atom is 0.149 e. The Balaban J connectivity index is 2.44. The van der Waals surface area contributed by atoms with E-state index < -0.39 is 0 Å². The zero-order valence-corrected chi connectivity index (χ0v) is 5.99. The first-order valence-electron chi connectivity index (χ1n) is 2.71. The van der Waals surface area contributed by atoms with Gasteiger partial charge in [0.15, 0.2) is 0 Å². The van der Waals surface area contributed by atoms with Gasteiger partial charge in [-0.2, -0.15) is 0 Å². The SMILES string of the molecule is CSC1=CC(C)CO1. The van der Waals surface area contributed by atoms with Gasteiger partial charge >= 0.3 is 0 Å². The number of hydrogen-bond acceptors (Lipinski definition) is 2. The highest BCUT2D eigenvalue weighted by Gasteiger charge is 2.09. The summed E-state index contributed by atoms with van der Waals surface area (Å²) in [7, 11) is 0. The summed E-state index contributed by atoms with van der Waals surface area (Å²) in [5.74, 6) is 0.623. The standard InChI is InChI=1S/C6H10OS/c1-5-3-6(8-2)7-4-5/h3,5H,4H2,1-2H3. The van der Waals surface area contributed by atoms with Gasteiger partial charge in [0.25, 0.3) is 0 Å². The molecule has 1 aliphatic rings. The van der Waals surface area contributed by atoms with E-state index in [1.807, 2.05) is 6.26 Å². The van der Waals surface area contributed by atoms with Crippen LogP contribution in [0.3, 0.4) is 0 Å². The smallest absolute Gasteiger partial charge is 0.149 e. The second-order valence-corrected chi connectivity index (χ2v) is 2.79. The van der Waals surface area contributed by atoms with Crippen molar-refractivity contribution >= 4 is 11.8 Å². The quantitative estimate of drug-likeness (QED) is 0.535. The van der Waals surface area contributed by atoms with E-state index >= 15 is 0 Å². The van der Waals surface area contributed by atoms with Crippen LogP contribution in [0.2, 0.25) is 0 Å². The van der Waals surface area contributed by atoms with Crippen molar-refractivity contribution in [2.45, 2.75) is 6.92 Å². The van der Waals surface area contributed by atoms with Crippen LogP contribution in [0, 0.1) is 5.92 Å². The predicted octanol–water partition coefficient (Wildman–Crippen LogP) is 1.86. The lowest BCUT2D eigenvalue weighted by Gasteiger charge is -1.96. The molecule has 1 atom stereocenters. The van der Waals surface area contributed by atoms with Crippen molar-refractivity contribution in [3.63, 3.8) is 0 Å². The first-order chi connectivity index (χ1) is 3.83. The van der Waals surface area contributed by atoms with Crippen molar-refractivity contribution < 1.29 is 4.74 Å².